The van der Waals surface area contributed by atoms with Crippen molar-refractivity contribution >= 4 is 5.57 Å². The first kappa shape index (κ1) is 10.1. The van der Waals surface area contributed by atoms with Crippen molar-refractivity contribution in [1.29, 1.82) is 0 Å². The number of methoxy groups -OCH3 is 1. The molecule has 0 bridgehead atoms. The van der Waals surface area contributed by atoms with E-state index in [2.05, 4.69) is 16.4 Å². The predicted molar refractivity (Wildman–Crippen MR) is 56.2 cm³/mol. The van der Waals surface area contributed by atoms with Crippen LogP contribution in [0.25, 0.3) is 5.57 Å². The number of hydrogen-bond acceptors (Lipinski definition) is 3. The van der Waals surface area contributed by atoms with E-state index < -0.39 is 0 Å². The van der Waals surface area contributed by atoms with Gasteiger partial charge < -0.3 is 10.1 Å². The van der Waals surface area contributed by atoms with Gasteiger partial charge in [0.1, 0.15) is 17.3 Å². The van der Waals surface area contributed by atoms with Crippen LogP contribution in [0.3, 0.4) is 0 Å². The quantitative estimate of drug-likeness (QED) is 0.801. The van der Waals surface area contributed by atoms with Crippen molar-refractivity contribution in [2.24, 2.45) is 0 Å². The monoisotopic (exact) mass is 208 g/mol. The van der Waals surface area contributed by atoms with Crippen LogP contribution < -0.4 is 10.1 Å². The lowest BCUT2D eigenvalue weighted by Crippen LogP contribution is -2.20. The van der Waals surface area contributed by atoms with Gasteiger partial charge in [0.2, 0.25) is 0 Å². The Morgan fingerprint density at radius 3 is 3.07 bits per heavy atom. The summed E-state index contributed by atoms with van der Waals surface area (Å²) in [5.74, 6) is 0.133. The van der Waals surface area contributed by atoms with Gasteiger partial charge in [0.15, 0.2) is 0 Å². The molecule has 0 unspecified atom stereocenters. The molecular formula is C11H13FN2O. The maximum Gasteiger partial charge on any atom is 0.147 e. The molecule has 1 aliphatic heterocycles. The Balaban J connectivity index is 2.38. The average Bonchev–Trinajstić information content (AvgIpc) is 2.30. The molecule has 80 valence electrons. The largest absolute Gasteiger partial charge is 0.494 e. The standard InChI is InChI=1S/C11H13FN2O/c1-15-10-6-9(12)7-14-11(10)8-2-4-13-5-3-8/h2,6-7,13H,3-5H2,1H3. The molecule has 0 fully saturated rings. The summed E-state index contributed by atoms with van der Waals surface area (Å²) in [6, 6.07) is 1.37. The fourth-order valence-electron chi connectivity index (χ4n) is 1.66. The first-order chi connectivity index (χ1) is 7.31. The van der Waals surface area contributed by atoms with E-state index in [1.807, 2.05) is 0 Å². The van der Waals surface area contributed by atoms with Crippen LogP contribution in [0.15, 0.2) is 18.3 Å². The van der Waals surface area contributed by atoms with Crippen molar-refractivity contribution in [3.8, 4) is 5.75 Å². The number of hydrogen-bond donors (Lipinski definition) is 1. The Bertz CT molecular complexity index is 390. The maximum atomic E-state index is 12.9. The zero-order chi connectivity index (χ0) is 10.7. The van der Waals surface area contributed by atoms with Crippen molar-refractivity contribution in [3.05, 3.63) is 29.9 Å². The Morgan fingerprint density at radius 2 is 2.40 bits per heavy atom. The average molecular weight is 208 g/mol. The highest BCUT2D eigenvalue weighted by molar-refractivity contribution is 5.68. The first-order valence-electron chi connectivity index (χ1n) is 4.91. The second-order valence-corrected chi connectivity index (χ2v) is 3.39. The molecule has 1 aliphatic rings. The molecular weight excluding hydrogens is 195 g/mol. The number of pyridine rings is 1. The molecule has 0 spiro atoms. The molecule has 4 heteroatoms. The van der Waals surface area contributed by atoms with E-state index in [1.165, 1.54) is 19.4 Å². The summed E-state index contributed by atoms with van der Waals surface area (Å²) in [7, 11) is 1.53. The van der Waals surface area contributed by atoms with Gasteiger partial charge in [-0.25, -0.2) is 9.37 Å². The molecule has 0 aromatic carbocycles. The van der Waals surface area contributed by atoms with Gasteiger partial charge in [0.05, 0.1) is 13.3 Å². The molecule has 1 aromatic heterocycles. The lowest BCUT2D eigenvalue weighted by molar-refractivity contribution is 0.407. The summed E-state index contributed by atoms with van der Waals surface area (Å²) in [4.78, 5) is 4.08. The molecule has 1 N–H and O–H groups in total. The van der Waals surface area contributed by atoms with Crippen LogP contribution in [-0.2, 0) is 0 Å². The lowest BCUT2D eigenvalue weighted by Gasteiger charge is -2.15. The van der Waals surface area contributed by atoms with Gasteiger partial charge in [-0.05, 0) is 18.5 Å². The third kappa shape index (κ3) is 2.15. The van der Waals surface area contributed by atoms with E-state index in [1.54, 1.807) is 0 Å². The minimum absolute atomic E-state index is 0.370. The van der Waals surface area contributed by atoms with Crippen LogP contribution in [0.5, 0.6) is 5.75 Å². The highest BCUT2D eigenvalue weighted by atomic mass is 19.1. The highest BCUT2D eigenvalue weighted by Gasteiger charge is 2.13. The second-order valence-electron chi connectivity index (χ2n) is 3.39. The fourth-order valence-corrected chi connectivity index (χ4v) is 1.66. The van der Waals surface area contributed by atoms with Crippen molar-refractivity contribution in [1.82, 2.24) is 10.3 Å². The summed E-state index contributed by atoms with van der Waals surface area (Å²) in [5.41, 5.74) is 1.87. The number of halogens is 1. The molecule has 0 saturated carbocycles. The summed E-state index contributed by atoms with van der Waals surface area (Å²) in [5, 5.41) is 3.21. The number of rotatable bonds is 2. The van der Waals surface area contributed by atoms with Crippen LogP contribution in [0.1, 0.15) is 12.1 Å². The van der Waals surface area contributed by atoms with Gasteiger partial charge in [0.25, 0.3) is 0 Å². The van der Waals surface area contributed by atoms with E-state index in [-0.39, 0.29) is 5.82 Å². The summed E-state index contributed by atoms with van der Waals surface area (Å²) < 4.78 is 18.0. The first-order valence-corrected chi connectivity index (χ1v) is 4.91. The Labute approximate surface area is 88.0 Å². The van der Waals surface area contributed by atoms with Gasteiger partial charge in [-0.3, -0.25) is 0 Å². The Hall–Kier alpha value is -1.42. The van der Waals surface area contributed by atoms with Gasteiger partial charge in [0, 0.05) is 12.6 Å². The van der Waals surface area contributed by atoms with Crippen LogP contribution >= 0.6 is 0 Å². The van der Waals surface area contributed by atoms with Gasteiger partial charge in [-0.1, -0.05) is 6.08 Å². The summed E-state index contributed by atoms with van der Waals surface area (Å²) in [6.45, 7) is 1.76. The van der Waals surface area contributed by atoms with Crippen LogP contribution in [0.4, 0.5) is 4.39 Å². The normalized spacial score (nSPS) is 16.0. The van der Waals surface area contributed by atoms with Gasteiger partial charge >= 0.3 is 0 Å². The molecule has 0 radical (unpaired) electrons. The number of aromatic nitrogens is 1. The SMILES string of the molecule is COc1cc(F)cnc1C1=CCNCC1. The molecule has 1 aromatic rings. The van der Waals surface area contributed by atoms with Crippen LogP contribution in [0.2, 0.25) is 0 Å². The van der Waals surface area contributed by atoms with Crippen molar-refractivity contribution < 1.29 is 9.13 Å². The second kappa shape index (κ2) is 4.40. The molecule has 3 nitrogen and oxygen atoms in total. The van der Waals surface area contributed by atoms with Crippen molar-refractivity contribution in [2.75, 3.05) is 20.2 Å². The topological polar surface area (TPSA) is 34.1 Å². The number of ether oxygens (including phenoxy) is 1. The molecule has 0 amide bonds. The highest BCUT2D eigenvalue weighted by Crippen LogP contribution is 2.27. The van der Waals surface area contributed by atoms with E-state index in [9.17, 15) is 4.39 Å². The maximum absolute atomic E-state index is 12.9. The molecule has 15 heavy (non-hydrogen) atoms. The van der Waals surface area contributed by atoms with Gasteiger partial charge in [-0.2, -0.15) is 0 Å². The molecule has 2 rings (SSSR count). The molecule has 0 saturated heterocycles. The summed E-state index contributed by atoms with van der Waals surface area (Å²) in [6.07, 6.45) is 4.18. The molecule has 0 atom stereocenters. The predicted octanol–water partition coefficient (Wildman–Crippen LogP) is 1.61. The molecule has 2 heterocycles. The zero-order valence-corrected chi connectivity index (χ0v) is 8.59. The number of nitrogens with zero attached hydrogens (tertiary/aromatic N) is 1. The van der Waals surface area contributed by atoms with Crippen LogP contribution in [0, 0.1) is 5.82 Å². The summed E-state index contributed by atoms with van der Waals surface area (Å²) >= 11 is 0. The van der Waals surface area contributed by atoms with E-state index >= 15 is 0 Å². The van der Waals surface area contributed by atoms with E-state index in [0.29, 0.717) is 5.75 Å². The van der Waals surface area contributed by atoms with Crippen molar-refractivity contribution in [2.45, 2.75) is 6.42 Å². The Morgan fingerprint density at radius 1 is 1.53 bits per heavy atom. The van der Waals surface area contributed by atoms with Crippen LogP contribution in [-0.4, -0.2) is 25.2 Å². The molecule has 0 aliphatic carbocycles. The van der Waals surface area contributed by atoms with Crippen molar-refractivity contribution in [3.63, 3.8) is 0 Å². The fraction of sp³-hybridized carbons (Fsp3) is 0.364. The lowest BCUT2D eigenvalue weighted by atomic mass is 10.0. The third-order valence-electron chi connectivity index (χ3n) is 2.41. The smallest absolute Gasteiger partial charge is 0.147 e. The minimum atomic E-state index is -0.370. The zero-order valence-electron chi connectivity index (χ0n) is 8.59. The Kier molecular flexibility index (Phi) is 2.97. The van der Waals surface area contributed by atoms with E-state index in [4.69, 9.17) is 4.74 Å². The number of nitrogens with one attached hydrogen (secondary N) is 1. The van der Waals surface area contributed by atoms with Gasteiger partial charge in [-0.15, -0.1) is 0 Å². The van der Waals surface area contributed by atoms with E-state index in [0.717, 1.165) is 30.8 Å². The minimum Gasteiger partial charge on any atom is -0.494 e. The third-order valence-corrected chi connectivity index (χ3v) is 2.41.